The number of aldehydes is 1. The fraction of sp³-hybridized carbons (Fsp3) is 0.0588. The summed E-state index contributed by atoms with van der Waals surface area (Å²) in [6.45, 7) is 0. The molecule has 0 atom stereocenters. The Morgan fingerprint density at radius 3 is 2.80 bits per heavy atom. The highest BCUT2D eigenvalue weighted by Crippen LogP contribution is 2.32. The molecule has 0 N–H and O–H groups in total. The third-order valence-corrected chi connectivity index (χ3v) is 3.28. The van der Waals surface area contributed by atoms with Gasteiger partial charge in [0.15, 0.2) is 0 Å². The average molecular weight is 263 g/mol. The first kappa shape index (κ1) is 12.4. The lowest BCUT2D eigenvalue weighted by atomic mass is 10.0. The second kappa shape index (κ2) is 5.13. The van der Waals surface area contributed by atoms with Crippen LogP contribution in [-0.4, -0.2) is 18.4 Å². The smallest absolute Gasteiger partial charge is 0.150 e. The molecule has 0 fully saturated rings. The Morgan fingerprint density at radius 2 is 2.00 bits per heavy atom. The van der Waals surface area contributed by atoms with Crippen LogP contribution in [0, 0.1) is 0 Å². The molecule has 0 aliphatic rings. The zero-order valence-corrected chi connectivity index (χ0v) is 11.0. The molecule has 1 aromatic heterocycles. The standard InChI is InChI=1S/C17H13NO2/c1-20-17-9-12(11-19)4-6-15(17)13-5-7-16-14(10-13)3-2-8-18-16/h2-11H,1H3. The number of hydrogen-bond acceptors (Lipinski definition) is 3. The van der Waals surface area contributed by atoms with E-state index in [1.165, 1.54) is 0 Å². The molecule has 0 saturated carbocycles. The Balaban J connectivity index is 2.17. The van der Waals surface area contributed by atoms with E-state index in [0.717, 1.165) is 28.3 Å². The van der Waals surface area contributed by atoms with E-state index < -0.39 is 0 Å². The SMILES string of the molecule is COc1cc(C=O)ccc1-c1ccc2ncccc2c1. The molecule has 98 valence electrons. The van der Waals surface area contributed by atoms with Crippen molar-refractivity contribution in [1.82, 2.24) is 4.98 Å². The molecule has 0 bridgehead atoms. The van der Waals surface area contributed by atoms with Gasteiger partial charge in [-0.3, -0.25) is 9.78 Å². The number of carbonyl (C=O) groups excluding carboxylic acids is 1. The highest BCUT2D eigenvalue weighted by Gasteiger charge is 2.07. The van der Waals surface area contributed by atoms with Crippen molar-refractivity contribution in [1.29, 1.82) is 0 Å². The Labute approximate surface area is 116 Å². The van der Waals surface area contributed by atoms with Crippen LogP contribution in [0.4, 0.5) is 0 Å². The first-order valence-corrected chi connectivity index (χ1v) is 6.30. The fourth-order valence-electron chi connectivity index (χ4n) is 2.26. The Kier molecular flexibility index (Phi) is 3.17. The molecule has 2 aromatic carbocycles. The van der Waals surface area contributed by atoms with Gasteiger partial charge in [-0.15, -0.1) is 0 Å². The van der Waals surface area contributed by atoms with Crippen molar-refractivity contribution in [3.05, 3.63) is 60.3 Å². The lowest BCUT2D eigenvalue weighted by molar-refractivity contribution is 0.112. The van der Waals surface area contributed by atoms with Crippen molar-refractivity contribution in [3.63, 3.8) is 0 Å². The number of hydrogen-bond donors (Lipinski definition) is 0. The van der Waals surface area contributed by atoms with Crippen LogP contribution in [0.3, 0.4) is 0 Å². The number of carbonyl (C=O) groups is 1. The molecule has 3 nitrogen and oxygen atoms in total. The lowest BCUT2D eigenvalue weighted by Crippen LogP contribution is -1.90. The van der Waals surface area contributed by atoms with Gasteiger partial charge < -0.3 is 4.74 Å². The summed E-state index contributed by atoms with van der Waals surface area (Å²) < 4.78 is 5.38. The van der Waals surface area contributed by atoms with Gasteiger partial charge in [0.05, 0.1) is 12.6 Å². The molecule has 0 aliphatic carbocycles. The largest absolute Gasteiger partial charge is 0.496 e. The normalized spacial score (nSPS) is 10.4. The van der Waals surface area contributed by atoms with Gasteiger partial charge in [-0.1, -0.05) is 18.2 Å². The van der Waals surface area contributed by atoms with Crippen molar-refractivity contribution in [2.24, 2.45) is 0 Å². The summed E-state index contributed by atoms with van der Waals surface area (Å²) in [6, 6.07) is 15.4. The quantitative estimate of drug-likeness (QED) is 0.676. The highest BCUT2D eigenvalue weighted by atomic mass is 16.5. The Bertz CT molecular complexity index is 781. The molecule has 0 spiro atoms. The van der Waals surface area contributed by atoms with Gasteiger partial charge in [-0.25, -0.2) is 0 Å². The van der Waals surface area contributed by atoms with Gasteiger partial charge in [0.1, 0.15) is 12.0 Å². The van der Waals surface area contributed by atoms with Crippen LogP contribution in [0.15, 0.2) is 54.7 Å². The summed E-state index contributed by atoms with van der Waals surface area (Å²) >= 11 is 0. The van der Waals surface area contributed by atoms with E-state index in [9.17, 15) is 4.79 Å². The predicted molar refractivity (Wildman–Crippen MR) is 79.1 cm³/mol. The van der Waals surface area contributed by atoms with E-state index in [0.29, 0.717) is 11.3 Å². The van der Waals surface area contributed by atoms with Gasteiger partial charge in [-0.2, -0.15) is 0 Å². The highest BCUT2D eigenvalue weighted by molar-refractivity contribution is 5.87. The predicted octanol–water partition coefficient (Wildman–Crippen LogP) is 3.72. The number of pyridine rings is 1. The average Bonchev–Trinajstić information content (AvgIpc) is 2.53. The molecule has 0 saturated heterocycles. The van der Waals surface area contributed by atoms with Crippen LogP contribution in [0.25, 0.3) is 22.0 Å². The molecule has 0 unspecified atom stereocenters. The van der Waals surface area contributed by atoms with E-state index in [1.54, 1.807) is 25.4 Å². The lowest BCUT2D eigenvalue weighted by Gasteiger charge is -2.10. The molecule has 3 rings (SSSR count). The molecule has 20 heavy (non-hydrogen) atoms. The summed E-state index contributed by atoms with van der Waals surface area (Å²) in [5, 5.41) is 1.08. The molecular weight excluding hydrogens is 250 g/mol. The number of aromatic nitrogens is 1. The van der Waals surface area contributed by atoms with Gasteiger partial charge in [0.2, 0.25) is 0 Å². The molecule has 0 radical (unpaired) electrons. The van der Waals surface area contributed by atoms with E-state index in [-0.39, 0.29) is 0 Å². The van der Waals surface area contributed by atoms with E-state index in [4.69, 9.17) is 4.74 Å². The minimum atomic E-state index is 0.605. The van der Waals surface area contributed by atoms with E-state index >= 15 is 0 Å². The van der Waals surface area contributed by atoms with E-state index in [1.807, 2.05) is 30.3 Å². The molecular formula is C17H13NO2. The maximum Gasteiger partial charge on any atom is 0.150 e. The zero-order valence-electron chi connectivity index (χ0n) is 11.0. The van der Waals surface area contributed by atoms with Crippen LogP contribution < -0.4 is 4.74 Å². The first-order chi connectivity index (χ1) is 9.81. The van der Waals surface area contributed by atoms with Crippen molar-refractivity contribution >= 4 is 17.2 Å². The van der Waals surface area contributed by atoms with E-state index in [2.05, 4.69) is 11.1 Å². The van der Waals surface area contributed by atoms with Gasteiger partial charge in [0.25, 0.3) is 0 Å². The second-order valence-corrected chi connectivity index (χ2v) is 4.49. The van der Waals surface area contributed by atoms with Crippen LogP contribution in [-0.2, 0) is 0 Å². The van der Waals surface area contributed by atoms with Gasteiger partial charge >= 0.3 is 0 Å². The van der Waals surface area contributed by atoms with Crippen LogP contribution in [0.5, 0.6) is 5.75 Å². The molecule has 1 heterocycles. The third kappa shape index (κ3) is 2.14. The van der Waals surface area contributed by atoms with Crippen molar-refractivity contribution in [3.8, 4) is 16.9 Å². The third-order valence-electron chi connectivity index (χ3n) is 3.28. The number of methoxy groups -OCH3 is 1. The minimum absolute atomic E-state index is 0.605. The maximum absolute atomic E-state index is 10.8. The topological polar surface area (TPSA) is 39.2 Å². The number of ether oxygens (including phenoxy) is 1. The van der Waals surface area contributed by atoms with Crippen LogP contribution >= 0.6 is 0 Å². The molecule has 0 aliphatic heterocycles. The Morgan fingerprint density at radius 1 is 1.10 bits per heavy atom. The summed E-state index contributed by atoms with van der Waals surface area (Å²) in [5.41, 5.74) is 3.57. The maximum atomic E-state index is 10.8. The molecule has 3 heteroatoms. The first-order valence-electron chi connectivity index (χ1n) is 6.30. The van der Waals surface area contributed by atoms with Gasteiger partial charge in [-0.05, 0) is 35.9 Å². The Hall–Kier alpha value is -2.68. The molecule has 0 amide bonds. The second-order valence-electron chi connectivity index (χ2n) is 4.49. The van der Waals surface area contributed by atoms with Gasteiger partial charge in [0, 0.05) is 22.7 Å². The van der Waals surface area contributed by atoms with Crippen LogP contribution in [0.1, 0.15) is 10.4 Å². The van der Waals surface area contributed by atoms with Crippen molar-refractivity contribution < 1.29 is 9.53 Å². The summed E-state index contributed by atoms with van der Waals surface area (Å²) in [6.07, 6.45) is 2.60. The summed E-state index contributed by atoms with van der Waals surface area (Å²) in [7, 11) is 1.61. The number of nitrogens with zero attached hydrogens (tertiary/aromatic N) is 1. The van der Waals surface area contributed by atoms with Crippen molar-refractivity contribution in [2.45, 2.75) is 0 Å². The number of rotatable bonds is 3. The number of benzene rings is 2. The number of fused-ring (bicyclic) bond motifs is 1. The minimum Gasteiger partial charge on any atom is -0.496 e. The monoisotopic (exact) mass is 263 g/mol. The molecule has 3 aromatic rings. The zero-order chi connectivity index (χ0) is 13.9. The summed E-state index contributed by atoms with van der Waals surface area (Å²) in [5.74, 6) is 0.692. The fourth-order valence-corrected chi connectivity index (χ4v) is 2.26. The van der Waals surface area contributed by atoms with Crippen molar-refractivity contribution in [2.75, 3.05) is 7.11 Å². The van der Waals surface area contributed by atoms with Crippen LogP contribution in [0.2, 0.25) is 0 Å². The summed E-state index contributed by atoms with van der Waals surface area (Å²) in [4.78, 5) is 15.1.